The lowest BCUT2D eigenvalue weighted by Crippen LogP contribution is -2.39. The number of sulfone groups is 1. The van der Waals surface area contributed by atoms with Gasteiger partial charge in [-0.15, -0.1) is 0 Å². The van der Waals surface area contributed by atoms with E-state index in [9.17, 15) is 8.42 Å². The molecule has 0 aliphatic carbocycles. The number of rotatable bonds is 2. The van der Waals surface area contributed by atoms with Crippen molar-refractivity contribution >= 4 is 9.84 Å². The Labute approximate surface area is 56.2 Å². The lowest BCUT2D eigenvalue weighted by Gasteiger charge is -2.18. The molecule has 1 radical (unpaired) electrons. The van der Waals surface area contributed by atoms with Crippen molar-refractivity contribution in [2.24, 2.45) is 5.73 Å². The van der Waals surface area contributed by atoms with Gasteiger partial charge >= 0.3 is 0 Å². The van der Waals surface area contributed by atoms with E-state index >= 15 is 0 Å². The SMILES string of the molecule is [CH2]C(C)(CN)S(C)(=O)=O. The van der Waals surface area contributed by atoms with Gasteiger partial charge in [-0.3, -0.25) is 0 Å². The average molecular weight is 150 g/mol. The van der Waals surface area contributed by atoms with Gasteiger partial charge in [0.25, 0.3) is 0 Å². The summed E-state index contributed by atoms with van der Waals surface area (Å²) in [6.45, 7) is 5.01. The van der Waals surface area contributed by atoms with Crippen LogP contribution in [0.1, 0.15) is 6.92 Å². The highest BCUT2D eigenvalue weighted by Crippen LogP contribution is 2.10. The molecular formula is C5H12NO2S. The van der Waals surface area contributed by atoms with Crippen molar-refractivity contribution in [3.05, 3.63) is 6.92 Å². The third kappa shape index (κ3) is 1.95. The van der Waals surface area contributed by atoms with Crippen LogP contribution in [0.3, 0.4) is 0 Å². The highest BCUT2D eigenvalue weighted by atomic mass is 32.2. The third-order valence-corrected chi connectivity index (χ3v) is 3.28. The Bertz CT molecular complexity index is 181. The summed E-state index contributed by atoms with van der Waals surface area (Å²) in [4.78, 5) is 0. The Morgan fingerprint density at radius 3 is 2.00 bits per heavy atom. The molecule has 0 aliphatic heterocycles. The molecule has 0 saturated heterocycles. The van der Waals surface area contributed by atoms with Crippen molar-refractivity contribution in [2.45, 2.75) is 11.7 Å². The van der Waals surface area contributed by atoms with Crippen LogP contribution in [0.25, 0.3) is 0 Å². The molecule has 0 aliphatic rings. The van der Waals surface area contributed by atoms with E-state index < -0.39 is 14.6 Å². The van der Waals surface area contributed by atoms with E-state index in [1.165, 1.54) is 6.92 Å². The van der Waals surface area contributed by atoms with Crippen LogP contribution >= 0.6 is 0 Å². The second kappa shape index (κ2) is 2.27. The molecule has 1 atom stereocenters. The van der Waals surface area contributed by atoms with E-state index in [1.54, 1.807) is 0 Å². The van der Waals surface area contributed by atoms with Crippen LogP contribution in [0.2, 0.25) is 0 Å². The lowest BCUT2D eigenvalue weighted by atomic mass is 10.2. The third-order valence-electron chi connectivity index (χ3n) is 1.33. The Morgan fingerprint density at radius 2 is 2.00 bits per heavy atom. The maximum absolute atomic E-state index is 10.7. The monoisotopic (exact) mass is 150 g/mol. The number of hydrogen-bond acceptors (Lipinski definition) is 3. The summed E-state index contributed by atoms with van der Waals surface area (Å²) < 4.78 is 20.5. The topological polar surface area (TPSA) is 60.2 Å². The maximum Gasteiger partial charge on any atom is 0.154 e. The van der Waals surface area contributed by atoms with Crippen molar-refractivity contribution in [3.63, 3.8) is 0 Å². The summed E-state index contributed by atoms with van der Waals surface area (Å²) in [6.07, 6.45) is 1.13. The summed E-state index contributed by atoms with van der Waals surface area (Å²) in [6, 6.07) is 0. The van der Waals surface area contributed by atoms with E-state index in [-0.39, 0.29) is 6.54 Å². The fraction of sp³-hybridized carbons (Fsp3) is 0.800. The van der Waals surface area contributed by atoms with E-state index in [4.69, 9.17) is 5.73 Å². The molecule has 3 nitrogen and oxygen atoms in total. The quantitative estimate of drug-likeness (QED) is 0.581. The van der Waals surface area contributed by atoms with E-state index in [0.29, 0.717) is 0 Å². The molecule has 0 aromatic carbocycles. The summed E-state index contributed by atoms with van der Waals surface area (Å²) in [5.74, 6) is 0. The van der Waals surface area contributed by atoms with Gasteiger partial charge in [-0.1, -0.05) is 0 Å². The molecular weight excluding hydrogens is 138 g/mol. The largest absolute Gasteiger partial charge is 0.329 e. The highest BCUT2D eigenvalue weighted by Gasteiger charge is 2.27. The van der Waals surface area contributed by atoms with Gasteiger partial charge in [0.1, 0.15) is 0 Å². The van der Waals surface area contributed by atoms with Crippen LogP contribution in [-0.2, 0) is 9.84 Å². The van der Waals surface area contributed by atoms with Crippen LogP contribution in [0.5, 0.6) is 0 Å². The van der Waals surface area contributed by atoms with Crippen LogP contribution in [0.4, 0.5) is 0 Å². The second-order valence-electron chi connectivity index (χ2n) is 2.43. The van der Waals surface area contributed by atoms with Gasteiger partial charge in [0.05, 0.1) is 4.75 Å². The zero-order valence-corrected chi connectivity index (χ0v) is 6.53. The van der Waals surface area contributed by atoms with Gasteiger partial charge in [0.2, 0.25) is 0 Å². The normalized spacial score (nSPS) is 13.8. The molecule has 0 spiro atoms. The molecule has 0 amide bonds. The molecule has 0 fully saturated rings. The molecule has 55 valence electrons. The van der Waals surface area contributed by atoms with Gasteiger partial charge in [-0.25, -0.2) is 8.42 Å². The first-order valence-electron chi connectivity index (χ1n) is 2.56. The van der Waals surface area contributed by atoms with Crippen molar-refractivity contribution in [2.75, 3.05) is 12.8 Å². The standard InChI is InChI=1S/C5H12NO2S/c1-5(2,4-6)9(3,7)8/h1,4,6H2,2-3H3. The first kappa shape index (κ1) is 8.91. The molecule has 0 rings (SSSR count). The lowest BCUT2D eigenvalue weighted by molar-refractivity contribution is 0.570. The predicted molar refractivity (Wildman–Crippen MR) is 37.7 cm³/mol. The summed E-state index contributed by atoms with van der Waals surface area (Å²) in [5.41, 5.74) is 5.15. The maximum atomic E-state index is 10.7. The van der Waals surface area contributed by atoms with E-state index in [0.717, 1.165) is 6.26 Å². The van der Waals surface area contributed by atoms with Crippen molar-refractivity contribution < 1.29 is 8.42 Å². The molecule has 2 N–H and O–H groups in total. The second-order valence-corrected chi connectivity index (χ2v) is 4.96. The summed E-state index contributed by atoms with van der Waals surface area (Å²) >= 11 is 0. The Kier molecular flexibility index (Phi) is 2.24. The molecule has 9 heavy (non-hydrogen) atoms. The first-order valence-corrected chi connectivity index (χ1v) is 4.45. The average Bonchev–Trinajstić information content (AvgIpc) is 1.64. The minimum absolute atomic E-state index is 0.0613. The van der Waals surface area contributed by atoms with Gasteiger partial charge in [-0.2, -0.15) is 0 Å². The molecule has 0 heterocycles. The van der Waals surface area contributed by atoms with Crippen LogP contribution in [0, 0.1) is 6.92 Å². The van der Waals surface area contributed by atoms with Crippen molar-refractivity contribution in [1.29, 1.82) is 0 Å². The Balaban J connectivity index is 4.56. The molecule has 0 aromatic heterocycles. The van der Waals surface area contributed by atoms with Crippen LogP contribution in [-0.4, -0.2) is 26.0 Å². The zero-order chi connectivity index (χ0) is 7.71. The molecule has 0 saturated carbocycles. The smallest absolute Gasteiger partial charge is 0.154 e. The van der Waals surface area contributed by atoms with Gasteiger partial charge in [-0.05, 0) is 13.8 Å². The molecule has 4 heteroatoms. The fourth-order valence-electron chi connectivity index (χ4n) is 0.151. The number of hydrogen-bond donors (Lipinski definition) is 1. The van der Waals surface area contributed by atoms with E-state index in [2.05, 4.69) is 6.92 Å². The van der Waals surface area contributed by atoms with Crippen LogP contribution in [0.15, 0.2) is 0 Å². The molecule has 1 unspecified atom stereocenters. The highest BCUT2D eigenvalue weighted by molar-refractivity contribution is 7.92. The van der Waals surface area contributed by atoms with Crippen LogP contribution < -0.4 is 5.73 Å². The molecule has 0 bridgehead atoms. The summed E-state index contributed by atoms with van der Waals surface area (Å²) in [7, 11) is -3.09. The van der Waals surface area contributed by atoms with Gasteiger partial charge < -0.3 is 5.73 Å². The van der Waals surface area contributed by atoms with Gasteiger partial charge in [0.15, 0.2) is 9.84 Å². The Morgan fingerprint density at radius 1 is 1.67 bits per heavy atom. The molecule has 0 aromatic rings. The minimum Gasteiger partial charge on any atom is -0.329 e. The first-order chi connectivity index (χ1) is 3.81. The minimum atomic E-state index is -3.09. The zero-order valence-electron chi connectivity index (χ0n) is 5.72. The Hall–Kier alpha value is -0.0900. The number of nitrogens with two attached hydrogens (primary N) is 1. The van der Waals surface area contributed by atoms with Crippen molar-refractivity contribution in [3.8, 4) is 0 Å². The predicted octanol–water partition coefficient (Wildman–Crippen LogP) is -0.418. The summed E-state index contributed by atoms with van der Waals surface area (Å²) in [5, 5.41) is 0. The van der Waals surface area contributed by atoms with E-state index in [1.807, 2.05) is 0 Å². The fourth-order valence-corrected chi connectivity index (χ4v) is 0.454. The van der Waals surface area contributed by atoms with Gasteiger partial charge in [0, 0.05) is 12.8 Å². The van der Waals surface area contributed by atoms with Crippen molar-refractivity contribution in [1.82, 2.24) is 0 Å².